The van der Waals surface area contributed by atoms with Gasteiger partial charge in [-0.15, -0.1) is 0 Å². The highest BCUT2D eigenvalue weighted by Gasteiger charge is 2.34. The molecule has 0 radical (unpaired) electrons. The van der Waals surface area contributed by atoms with Crippen LogP contribution in [0.4, 0.5) is 0 Å². The summed E-state index contributed by atoms with van der Waals surface area (Å²) in [5, 5.41) is 4.63. The van der Waals surface area contributed by atoms with Gasteiger partial charge in [0, 0.05) is 24.3 Å². The van der Waals surface area contributed by atoms with Crippen molar-refractivity contribution in [2.45, 2.75) is 25.7 Å². The lowest BCUT2D eigenvalue weighted by molar-refractivity contribution is -0.121. The van der Waals surface area contributed by atoms with Gasteiger partial charge in [-0.3, -0.25) is 9.59 Å². The number of likely N-dealkylation sites (tertiary alicyclic amines) is 1. The highest BCUT2D eigenvalue weighted by atomic mass is 16.2. The van der Waals surface area contributed by atoms with Crippen LogP contribution in [0.1, 0.15) is 34.6 Å². The molecule has 1 aliphatic carbocycles. The van der Waals surface area contributed by atoms with E-state index in [2.05, 4.69) is 5.10 Å². The van der Waals surface area contributed by atoms with Gasteiger partial charge in [0.1, 0.15) is 0 Å². The van der Waals surface area contributed by atoms with Crippen molar-refractivity contribution < 1.29 is 9.59 Å². The number of nitrogens with two attached hydrogens (primary N) is 1. The van der Waals surface area contributed by atoms with Crippen LogP contribution in [0.3, 0.4) is 0 Å². The van der Waals surface area contributed by atoms with Crippen LogP contribution in [0.2, 0.25) is 0 Å². The number of amides is 2. The number of hydrogen-bond acceptors (Lipinski definition) is 3. The predicted molar refractivity (Wildman–Crippen MR) is 88.8 cm³/mol. The molecule has 0 spiro atoms. The maximum Gasteiger partial charge on any atom is 0.274 e. The lowest BCUT2D eigenvalue weighted by Gasteiger charge is -2.15. The third-order valence-electron chi connectivity index (χ3n) is 5.01. The maximum absolute atomic E-state index is 12.9. The first-order valence-electron chi connectivity index (χ1n) is 8.40. The third-order valence-corrected chi connectivity index (χ3v) is 5.01. The molecule has 4 rings (SSSR count). The molecule has 2 amide bonds. The van der Waals surface area contributed by atoms with Crippen LogP contribution >= 0.6 is 0 Å². The van der Waals surface area contributed by atoms with Crippen molar-refractivity contribution in [1.29, 1.82) is 0 Å². The van der Waals surface area contributed by atoms with Crippen LogP contribution in [-0.4, -0.2) is 39.6 Å². The molecule has 2 aliphatic rings. The van der Waals surface area contributed by atoms with E-state index in [1.54, 1.807) is 4.90 Å². The van der Waals surface area contributed by atoms with Crippen LogP contribution in [0.25, 0.3) is 5.69 Å². The van der Waals surface area contributed by atoms with Gasteiger partial charge >= 0.3 is 0 Å². The van der Waals surface area contributed by atoms with E-state index in [0.29, 0.717) is 25.2 Å². The van der Waals surface area contributed by atoms with E-state index < -0.39 is 0 Å². The first kappa shape index (κ1) is 14.9. The van der Waals surface area contributed by atoms with Gasteiger partial charge in [0.25, 0.3) is 5.91 Å². The molecule has 2 heterocycles. The van der Waals surface area contributed by atoms with E-state index in [1.165, 1.54) is 0 Å². The summed E-state index contributed by atoms with van der Waals surface area (Å²) in [6, 6.07) is 9.90. The van der Waals surface area contributed by atoms with Gasteiger partial charge in [0.05, 0.1) is 11.6 Å². The van der Waals surface area contributed by atoms with Crippen LogP contribution in [0.15, 0.2) is 30.3 Å². The van der Waals surface area contributed by atoms with Crippen LogP contribution in [0, 0.1) is 5.92 Å². The number of aromatic nitrogens is 2. The second-order valence-corrected chi connectivity index (χ2v) is 6.51. The molecule has 6 heteroatoms. The second kappa shape index (κ2) is 5.78. The van der Waals surface area contributed by atoms with Crippen molar-refractivity contribution >= 4 is 11.8 Å². The molecular formula is C18H20N4O2. The number of fused-ring (bicyclic) bond motifs is 1. The molecule has 0 bridgehead atoms. The van der Waals surface area contributed by atoms with Crippen LogP contribution < -0.4 is 5.73 Å². The number of carbonyl (C=O) groups is 2. The molecule has 1 aliphatic heterocycles. The smallest absolute Gasteiger partial charge is 0.274 e. The topological polar surface area (TPSA) is 81.2 Å². The highest BCUT2D eigenvalue weighted by Crippen LogP contribution is 2.29. The molecule has 2 aromatic rings. The minimum absolute atomic E-state index is 0.0772. The number of rotatable bonds is 3. The molecule has 124 valence electrons. The average molecular weight is 324 g/mol. The zero-order valence-electron chi connectivity index (χ0n) is 13.4. The quantitative estimate of drug-likeness (QED) is 0.924. The van der Waals surface area contributed by atoms with Crippen molar-refractivity contribution in [3.05, 3.63) is 47.3 Å². The van der Waals surface area contributed by atoms with E-state index >= 15 is 0 Å². The fourth-order valence-corrected chi connectivity index (χ4v) is 3.72. The third kappa shape index (κ3) is 2.38. The first-order valence-corrected chi connectivity index (χ1v) is 8.40. The summed E-state index contributed by atoms with van der Waals surface area (Å²) in [6.07, 6.45) is 3.51. The summed E-state index contributed by atoms with van der Waals surface area (Å²) in [4.78, 5) is 26.0. The van der Waals surface area contributed by atoms with Gasteiger partial charge in [0.15, 0.2) is 5.69 Å². The number of para-hydroxylation sites is 1. The molecule has 2 N–H and O–H groups in total. The molecule has 1 aromatic carbocycles. The fraction of sp³-hybridized carbons (Fsp3) is 0.389. The molecule has 24 heavy (non-hydrogen) atoms. The molecular weight excluding hydrogens is 304 g/mol. The fourth-order valence-electron chi connectivity index (χ4n) is 3.72. The Morgan fingerprint density at radius 2 is 1.96 bits per heavy atom. The zero-order chi connectivity index (χ0) is 16.7. The molecule has 1 saturated heterocycles. The van der Waals surface area contributed by atoms with Crippen molar-refractivity contribution in [3.63, 3.8) is 0 Å². The number of benzene rings is 1. The van der Waals surface area contributed by atoms with Gasteiger partial charge in [-0.1, -0.05) is 18.2 Å². The van der Waals surface area contributed by atoms with Crippen molar-refractivity contribution in [1.82, 2.24) is 14.7 Å². The maximum atomic E-state index is 12.9. The molecule has 1 atom stereocenters. The number of carbonyl (C=O) groups excluding carboxylic acids is 2. The molecule has 6 nitrogen and oxygen atoms in total. The summed E-state index contributed by atoms with van der Waals surface area (Å²) < 4.78 is 1.90. The Hall–Kier alpha value is -2.63. The Balaban J connectivity index is 1.67. The van der Waals surface area contributed by atoms with Gasteiger partial charge < -0.3 is 10.6 Å². The lowest BCUT2D eigenvalue weighted by atomic mass is 10.1. The standard InChI is InChI=1S/C18H20N4O2/c19-17(23)12-9-10-21(11-12)18(24)16-14-7-4-8-15(14)22(20-16)13-5-2-1-3-6-13/h1-3,5-6,12H,4,7-11H2,(H2,19,23)/t12-/m1/s1. The van der Waals surface area contributed by atoms with Crippen molar-refractivity contribution in [2.75, 3.05) is 13.1 Å². The van der Waals surface area contributed by atoms with Gasteiger partial charge in [-0.05, 0) is 37.8 Å². The minimum Gasteiger partial charge on any atom is -0.369 e. The lowest BCUT2D eigenvalue weighted by Crippen LogP contribution is -2.32. The summed E-state index contributed by atoms with van der Waals surface area (Å²) in [5.74, 6) is -0.643. The molecule has 0 saturated carbocycles. The van der Waals surface area contributed by atoms with E-state index in [1.807, 2.05) is 35.0 Å². The molecule has 1 fully saturated rings. The van der Waals surface area contributed by atoms with Crippen LogP contribution in [-0.2, 0) is 17.6 Å². The van der Waals surface area contributed by atoms with E-state index in [9.17, 15) is 9.59 Å². The summed E-state index contributed by atoms with van der Waals surface area (Å²) in [7, 11) is 0. The largest absolute Gasteiger partial charge is 0.369 e. The number of primary amides is 1. The van der Waals surface area contributed by atoms with Crippen LogP contribution in [0.5, 0.6) is 0 Å². The molecule has 1 aromatic heterocycles. The molecule has 0 unspecified atom stereocenters. The normalized spacial score (nSPS) is 19.5. The van der Waals surface area contributed by atoms with Gasteiger partial charge in [-0.2, -0.15) is 5.10 Å². The highest BCUT2D eigenvalue weighted by molar-refractivity contribution is 5.95. The number of nitrogens with zero attached hydrogens (tertiary/aromatic N) is 3. The monoisotopic (exact) mass is 324 g/mol. The van der Waals surface area contributed by atoms with E-state index in [0.717, 1.165) is 36.2 Å². The Morgan fingerprint density at radius 1 is 1.17 bits per heavy atom. The average Bonchev–Trinajstić information content (AvgIpc) is 3.31. The minimum atomic E-state index is -0.328. The van der Waals surface area contributed by atoms with E-state index in [-0.39, 0.29) is 17.7 Å². The summed E-state index contributed by atoms with van der Waals surface area (Å²) in [5.41, 5.74) is 9.08. The Bertz CT molecular complexity index is 797. The summed E-state index contributed by atoms with van der Waals surface area (Å²) >= 11 is 0. The second-order valence-electron chi connectivity index (χ2n) is 6.51. The SMILES string of the molecule is NC(=O)[C@@H]1CCN(C(=O)c2nn(-c3ccccc3)c3c2CCC3)C1. The first-order chi connectivity index (χ1) is 11.6. The predicted octanol–water partition coefficient (Wildman–Crippen LogP) is 1.31. The van der Waals surface area contributed by atoms with E-state index in [4.69, 9.17) is 5.73 Å². The Labute approximate surface area is 140 Å². The van der Waals surface area contributed by atoms with Gasteiger partial charge in [0.2, 0.25) is 5.91 Å². The Kier molecular flexibility index (Phi) is 3.59. The van der Waals surface area contributed by atoms with Crippen molar-refractivity contribution in [2.24, 2.45) is 11.7 Å². The van der Waals surface area contributed by atoms with Crippen molar-refractivity contribution in [3.8, 4) is 5.69 Å². The number of hydrogen-bond donors (Lipinski definition) is 1. The Morgan fingerprint density at radius 3 is 2.67 bits per heavy atom. The summed E-state index contributed by atoms with van der Waals surface area (Å²) in [6.45, 7) is 0.973. The zero-order valence-corrected chi connectivity index (χ0v) is 13.4. The van der Waals surface area contributed by atoms with Gasteiger partial charge in [-0.25, -0.2) is 4.68 Å².